The van der Waals surface area contributed by atoms with Gasteiger partial charge in [-0.1, -0.05) is 78.3 Å². The van der Waals surface area contributed by atoms with Crippen LogP contribution in [0.1, 0.15) is 0 Å². The molecule has 5 rings (SSSR count). The first-order valence-electron chi connectivity index (χ1n) is 8.57. The van der Waals surface area contributed by atoms with Crippen LogP contribution in [0.4, 0.5) is 0 Å². The number of fused-ring (bicyclic) bond motifs is 5. The third-order valence-corrected chi connectivity index (χ3v) is 4.99. The van der Waals surface area contributed by atoms with E-state index in [1.54, 1.807) is 0 Å². The standard InChI is InChI=1S/C24H15ClO/c25-17-8-5-7-16(15-17)18-11-6-12-20-19-9-1-3-13-22(19)26-23-14-4-2-10-21(23)24(18)20/h1-15H. The lowest BCUT2D eigenvalue weighted by Crippen LogP contribution is -1.89. The van der Waals surface area contributed by atoms with Gasteiger partial charge < -0.3 is 4.74 Å². The van der Waals surface area contributed by atoms with Crippen molar-refractivity contribution in [2.24, 2.45) is 0 Å². The minimum Gasteiger partial charge on any atom is -0.456 e. The summed E-state index contributed by atoms with van der Waals surface area (Å²) in [5, 5.41) is 0.735. The highest BCUT2D eigenvalue weighted by atomic mass is 35.5. The van der Waals surface area contributed by atoms with Crippen LogP contribution in [0.5, 0.6) is 11.5 Å². The Bertz CT molecular complexity index is 1130. The highest BCUT2D eigenvalue weighted by molar-refractivity contribution is 6.30. The second-order valence-electron chi connectivity index (χ2n) is 6.33. The Labute approximate surface area is 157 Å². The SMILES string of the molecule is Clc1cccc(-c2cccc3c2-c2ccccc2Oc2ccccc2-3)c1. The molecule has 0 aliphatic carbocycles. The summed E-state index contributed by atoms with van der Waals surface area (Å²) in [6, 6.07) is 30.8. The molecule has 4 aromatic carbocycles. The third kappa shape index (κ3) is 2.40. The van der Waals surface area contributed by atoms with Gasteiger partial charge in [0.1, 0.15) is 11.5 Å². The smallest absolute Gasteiger partial charge is 0.135 e. The van der Waals surface area contributed by atoms with Gasteiger partial charge >= 0.3 is 0 Å². The molecule has 0 atom stereocenters. The van der Waals surface area contributed by atoms with Crippen LogP contribution in [0.2, 0.25) is 5.02 Å². The first-order valence-corrected chi connectivity index (χ1v) is 8.95. The first-order chi connectivity index (χ1) is 12.8. The Balaban J connectivity index is 1.90. The van der Waals surface area contributed by atoms with E-state index in [1.165, 1.54) is 11.1 Å². The maximum Gasteiger partial charge on any atom is 0.135 e. The molecule has 0 saturated heterocycles. The van der Waals surface area contributed by atoms with E-state index in [0.717, 1.165) is 38.8 Å². The zero-order valence-corrected chi connectivity index (χ0v) is 14.7. The van der Waals surface area contributed by atoms with Gasteiger partial charge in [0.15, 0.2) is 0 Å². The lowest BCUT2D eigenvalue weighted by atomic mass is 9.88. The van der Waals surface area contributed by atoms with Crippen LogP contribution in [0, 0.1) is 0 Å². The van der Waals surface area contributed by atoms with Crippen LogP contribution >= 0.6 is 11.6 Å². The average Bonchev–Trinajstić information content (AvgIpc) is 2.82. The molecule has 124 valence electrons. The Morgan fingerprint density at radius 2 is 1.15 bits per heavy atom. The molecule has 0 amide bonds. The lowest BCUT2D eigenvalue weighted by Gasteiger charge is -2.15. The molecule has 0 unspecified atom stereocenters. The molecular formula is C24H15ClO. The van der Waals surface area contributed by atoms with E-state index in [1.807, 2.05) is 48.5 Å². The van der Waals surface area contributed by atoms with Crippen molar-refractivity contribution in [1.29, 1.82) is 0 Å². The van der Waals surface area contributed by atoms with Gasteiger partial charge in [0.05, 0.1) is 0 Å². The summed E-state index contributed by atoms with van der Waals surface area (Å²) in [4.78, 5) is 0. The molecule has 0 N–H and O–H groups in total. The predicted molar refractivity (Wildman–Crippen MR) is 108 cm³/mol. The minimum absolute atomic E-state index is 0.735. The average molecular weight is 355 g/mol. The molecule has 4 aromatic rings. The van der Waals surface area contributed by atoms with Gasteiger partial charge in [0.2, 0.25) is 0 Å². The Morgan fingerprint density at radius 3 is 1.96 bits per heavy atom. The predicted octanol–water partition coefficient (Wildman–Crippen LogP) is 7.45. The molecule has 0 spiro atoms. The number of para-hydroxylation sites is 2. The highest BCUT2D eigenvalue weighted by Crippen LogP contribution is 2.49. The van der Waals surface area contributed by atoms with E-state index in [2.05, 4.69) is 42.5 Å². The summed E-state index contributed by atoms with van der Waals surface area (Å²) in [5.74, 6) is 1.75. The molecule has 26 heavy (non-hydrogen) atoms. The molecule has 1 nitrogen and oxygen atoms in total. The number of hydrogen-bond donors (Lipinski definition) is 0. The Kier molecular flexibility index (Phi) is 3.55. The number of ether oxygens (including phenoxy) is 1. The van der Waals surface area contributed by atoms with Crippen molar-refractivity contribution in [2.45, 2.75) is 0 Å². The first kappa shape index (κ1) is 15.2. The van der Waals surface area contributed by atoms with Crippen molar-refractivity contribution in [3.8, 4) is 44.9 Å². The fraction of sp³-hybridized carbons (Fsp3) is 0. The summed E-state index contributed by atoms with van der Waals surface area (Å²) in [5.41, 5.74) is 6.79. The number of benzene rings is 4. The van der Waals surface area contributed by atoms with Crippen molar-refractivity contribution in [1.82, 2.24) is 0 Å². The topological polar surface area (TPSA) is 9.23 Å². The number of hydrogen-bond acceptors (Lipinski definition) is 1. The van der Waals surface area contributed by atoms with Crippen molar-refractivity contribution in [3.05, 3.63) is 96.0 Å². The summed E-state index contributed by atoms with van der Waals surface area (Å²) < 4.78 is 6.27. The molecule has 1 aliphatic heterocycles. The van der Waals surface area contributed by atoms with Gasteiger partial charge in [-0.15, -0.1) is 0 Å². The van der Waals surface area contributed by atoms with Gasteiger partial charge in [0.25, 0.3) is 0 Å². The van der Waals surface area contributed by atoms with Crippen molar-refractivity contribution >= 4 is 11.6 Å². The molecule has 0 radical (unpaired) electrons. The summed E-state index contributed by atoms with van der Waals surface area (Å²) in [7, 11) is 0. The molecular weight excluding hydrogens is 340 g/mol. The fourth-order valence-corrected chi connectivity index (χ4v) is 3.81. The van der Waals surface area contributed by atoms with E-state index in [-0.39, 0.29) is 0 Å². The van der Waals surface area contributed by atoms with Gasteiger partial charge in [-0.3, -0.25) is 0 Å². The summed E-state index contributed by atoms with van der Waals surface area (Å²) in [6.07, 6.45) is 0. The van der Waals surface area contributed by atoms with Crippen LogP contribution in [0.15, 0.2) is 91.0 Å². The van der Waals surface area contributed by atoms with Crippen LogP contribution in [0.3, 0.4) is 0 Å². The van der Waals surface area contributed by atoms with E-state index < -0.39 is 0 Å². The van der Waals surface area contributed by atoms with Crippen molar-refractivity contribution in [2.75, 3.05) is 0 Å². The minimum atomic E-state index is 0.735. The molecule has 0 bridgehead atoms. The maximum atomic E-state index is 6.27. The molecule has 2 heteroatoms. The van der Waals surface area contributed by atoms with Crippen LogP contribution in [-0.4, -0.2) is 0 Å². The largest absolute Gasteiger partial charge is 0.456 e. The van der Waals surface area contributed by atoms with E-state index in [0.29, 0.717) is 0 Å². The monoisotopic (exact) mass is 354 g/mol. The highest BCUT2D eigenvalue weighted by Gasteiger charge is 2.22. The van der Waals surface area contributed by atoms with Crippen LogP contribution < -0.4 is 4.74 Å². The zero-order valence-electron chi connectivity index (χ0n) is 13.9. The number of rotatable bonds is 1. The zero-order chi connectivity index (χ0) is 17.5. The quantitative estimate of drug-likeness (QED) is 0.304. The number of halogens is 1. The van der Waals surface area contributed by atoms with Crippen LogP contribution in [0.25, 0.3) is 33.4 Å². The fourth-order valence-electron chi connectivity index (χ4n) is 3.62. The summed E-state index contributed by atoms with van der Waals surface area (Å²) >= 11 is 6.27. The van der Waals surface area contributed by atoms with Crippen molar-refractivity contribution in [3.63, 3.8) is 0 Å². The van der Waals surface area contributed by atoms with Gasteiger partial charge in [-0.25, -0.2) is 0 Å². The van der Waals surface area contributed by atoms with Crippen molar-refractivity contribution < 1.29 is 4.74 Å². The lowest BCUT2D eigenvalue weighted by molar-refractivity contribution is 0.488. The molecule has 0 aromatic heterocycles. The third-order valence-electron chi connectivity index (χ3n) is 4.75. The maximum absolute atomic E-state index is 6.27. The molecule has 1 aliphatic rings. The normalized spacial score (nSPS) is 11.6. The van der Waals surface area contributed by atoms with E-state index in [9.17, 15) is 0 Å². The molecule has 0 fully saturated rings. The Morgan fingerprint density at radius 1 is 0.538 bits per heavy atom. The van der Waals surface area contributed by atoms with E-state index >= 15 is 0 Å². The Hall–Kier alpha value is -3.03. The summed E-state index contributed by atoms with van der Waals surface area (Å²) in [6.45, 7) is 0. The van der Waals surface area contributed by atoms with Gasteiger partial charge in [0, 0.05) is 21.7 Å². The van der Waals surface area contributed by atoms with Gasteiger partial charge in [-0.05, 0) is 41.0 Å². The van der Waals surface area contributed by atoms with Crippen LogP contribution in [-0.2, 0) is 0 Å². The van der Waals surface area contributed by atoms with Gasteiger partial charge in [-0.2, -0.15) is 0 Å². The van der Waals surface area contributed by atoms with E-state index in [4.69, 9.17) is 16.3 Å². The second kappa shape index (κ2) is 6.05. The second-order valence-corrected chi connectivity index (χ2v) is 6.77. The molecule has 1 heterocycles. The molecule has 0 saturated carbocycles.